The quantitative estimate of drug-likeness (QED) is 0.868. The maximum Gasteiger partial charge on any atom is 0.196 e. The van der Waals surface area contributed by atoms with E-state index in [1.807, 2.05) is 44.2 Å². The van der Waals surface area contributed by atoms with E-state index in [0.717, 1.165) is 16.7 Å². The summed E-state index contributed by atoms with van der Waals surface area (Å²) in [6, 6.07) is 11.3. The maximum absolute atomic E-state index is 12.7. The molecule has 2 aromatic rings. The van der Waals surface area contributed by atoms with Crippen LogP contribution in [0, 0.1) is 13.8 Å². The van der Waals surface area contributed by atoms with E-state index in [0.29, 0.717) is 23.4 Å². The Labute approximate surface area is 119 Å². The summed E-state index contributed by atoms with van der Waals surface area (Å²) >= 11 is 0. The highest BCUT2D eigenvalue weighted by molar-refractivity contribution is 6.11. The van der Waals surface area contributed by atoms with Crippen LogP contribution in [-0.2, 0) is 6.54 Å². The van der Waals surface area contributed by atoms with Crippen molar-refractivity contribution in [2.45, 2.75) is 20.4 Å². The molecule has 0 aliphatic rings. The molecule has 3 heteroatoms. The second-order valence-electron chi connectivity index (χ2n) is 4.90. The fourth-order valence-corrected chi connectivity index (χ4v) is 2.39. The Morgan fingerprint density at radius 3 is 2.60 bits per heavy atom. The lowest BCUT2D eigenvalue weighted by atomic mass is 9.97. The Morgan fingerprint density at radius 2 is 1.95 bits per heavy atom. The van der Waals surface area contributed by atoms with Gasteiger partial charge in [0.1, 0.15) is 5.75 Å². The number of rotatable bonds is 4. The smallest absolute Gasteiger partial charge is 0.196 e. The standard InChI is InChI=1S/C17H19NO2/c1-11-7-12(2)17(20-3)15(8-11)16(19)14-6-4-5-13(9-14)10-18/h4-9H,10,18H2,1-3H3. The second-order valence-corrected chi connectivity index (χ2v) is 4.90. The van der Waals surface area contributed by atoms with Gasteiger partial charge in [-0.25, -0.2) is 0 Å². The normalized spacial score (nSPS) is 10.4. The van der Waals surface area contributed by atoms with Gasteiger partial charge in [-0.2, -0.15) is 0 Å². The number of ether oxygens (including phenoxy) is 1. The third-order valence-corrected chi connectivity index (χ3v) is 3.29. The van der Waals surface area contributed by atoms with Crippen LogP contribution in [0.25, 0.3) is 0 Å². The molecule has 0 aliphatic carbocycles. The first-order valence-electron chi connectivity index (χ1n) is 6.55. The zero-order valence-electron chi connectivity index (χ0n) is 12.1. The van der Waals surface area contributed by atoms with Gasteiger partial charge in [-0.15, -0.1) is 0 Å². The highest BCUT2D eigenvalue weighted by Crippen LogP contribution is 2.27. The molecule has 3 nitrogen and oxygen atoms in total. The SMILES string of the molecule is COc1c(C)cc(C)cc1C(=O)c1cccc(CN)c1. The summed E-state index contributed by atoms with van der Waals surface area (Å²) in [5.41, 5.74) is 9.81. The summed E-state index contributed by atoms with van der Waals surface area (Å²) in [6.45, 7) is 4.34. The largest absolute Gasteiger partial charge is 0.496 e. The Bertz CT molecular complexity index is 647. The topological polar surface area (TPSA) is 52.3 Å². The molecule has 0 aromatic heterocycles. The first-order chi connectivity index (χ1) is 9.56. The Morgan fingerprint density at radius 1 is 1.20 bits per heavy atom. The minimum atomic E-state index is -0.0380. The van der Waals surface area contributed by atoms with Crippen molar-refractivity contribution in [2.24, 2.45) is 5.73 Å². The molecular weight excluding hydrogens is 250 g/mol. The van der Waals surface area contributed by atoms with Crippen molar-refractivity contribution in [3.8, 4) is 5.75 Å². The number of hydrogen-bond donors (Lipinski definition) is 1. The maximum atomic E-state index is 12.7. The number of benzene rings is 2. The van der Waals surface area contributed by atoms with Crippen molar-refractivity contribution in [3.05, 3.63) is 64.2 Å². The first kappa shape index (κ1) is 14.3. The van der Waals surface area contributed by atoms with Crippen molar-refractivity contribution in [1.29, 1.82) is 0 Å². The molecule has 0 bridgehead atoms. The number of aryl methyl sites for hydroxylation is 2. The van der Waals surface area contributed by atoms with Crippen molar-refractivity contribution in [1.82, 2.24) is 0 Å². The van der Waals surface area contributed by atoms with E-state index in [1.54, 1.807) is 13.2 Å². The monoisotopic (exact) mass is 269 g/mol. The van der Waals surface area contributed by atoms with Gasteiger partial charge in [0, 0.05) is 12.1 Å². The number of methoxy groups -OCH3 is 1. The Balaban J connectivity index is 2.52. The van der Waals surface area contributed by atoms with E-state index in [2.05, 4.69) is 0 Å². The molecule has 0 heterocycles. The third kappa shape index (κ3) is 2.73. The average molecular weight is 269 g/mol. The lowest BCUT2D eigenvalue weighted by molar-refractivity contribution is 0.103. The van der Waals surface area contributed by atoms with Gasteiger partial charge in [-0.1, -0.05) is 24.3 Å². The highest BCUT2D eigenvalue weighted by Gasteiger charge is 2.17. The van der Waals surface area contributed by atoms with Crippen LogP contribution in [0.4, 0.5) is 0 Å². The van der Waals surface area contributed by atoms with Crippen LogP contribution >= 0.6 is 0 Å². The van der Waals surface area contributed by atoms with Gasteiger partial charge in [0.15, 0.2) is 5.78 Å². The van der Waals surface area contributed by atoms with Crippen LogP contribution in [0.1, 0.15) is 32.6 Å². The van der Waals surface area contributed by atoms with Crippen molar-refractivity contribution >= 4 is 5.78 Å². The van der Waals surface area contributed by atoms with Gasteiger partial charge in [-0.3, -0.25) is 4.79 Å². The molecule has 0 saturated carbocycles. The molecule has 20 heavy (non-hydrogen) atoms. The second kappa shape index (κ2) is 5.88. The van der Waals surface area contributed by atoms with Crippen molar-refractivity contribution in [2.75, 3.05) is 7.11 Å². The van der Waals surface area contributed by atoms with Gasteiger partial charge < -0.3 is 10.5 Å². The third-order valence-electron chi connectivity index (χ3n) is 3.29. The lowest BCUT2D eigenvalue weighted by Crippen LogP contribution is -2.07. The predicted octanol–water partition coefficient (Wildman–Crippen LogP) is 3.00. The molecular formula is C17H19NO2. The number of carbonyl (C=O) groups excluding carboxylic acids is 1. The summed E-state index contributed by atoms with van der Waals surface area (Å²) < 4.78 is 5.38. The number of carbonyl (C=O) groups is 1. The summed E-state index contributed by atoms with van der Waals surface area (Å²) in [4.78, 5) is 12.7. The lowest BCUT2D eigenvalue weighted by Gasteiger charge is -2.12. The summed E-state index contributed by atoms with van der Waals surface area (Å²) in [5.74, 6) is 0.600. The number of nitrogens with two attached hydrogens (primary N) is 1. The Hall–Kier alpha value is -2.13. The minimum absolute atomic E-state index is 0.0380. The highest BCUT2D eigenvalue weighted by atomic mass is 16.5. The van der Waals surface area contributed by atoms with E-state index < -0.39 is 0 Å². The summed E-state index contributed by atoms with van der Waals surface area (Å²) in [6.07, 6.45) is 0. The summed E-state index contributed by atoms with van der Waals surface area (Å²) in [7, 11) is 1.59. The van der Waals surface area contributed by atoms with Crippen LogP contribution in [0.2, 0.25) is 0 Å². The molecule has 0 saturated heterocycles. The zero-order valence-corrected chi connectivity index (χ0v) is 12.1. The minimum Gasteiger partial charge on any atom is -0.496 e. The number of ketones is 1. The van der Waals surface area contributed by atoms with E-state index in [9.17, 15) is 4.79 Å². The average Bonchev–Trinajstić information content (AvgIpc) is 2.45. The van der Waals surface area contributed by atoms with E-state index in [1.165, 1.54) is 0 Å². The molecule has 0 aliphatic heterocycles. The van der Waals surface area contributed by atoms with Crippen molar-refractivity contribution in [3.63, 3.8) is 0 Å². The van der Waals surface area contributed by atoms with Gasteiger partial charge >= 0.3 is 0 Å². The fourth-order valence-electron chi connectivity index (χ4n) is 2.39. The molecule has 2 rings (SSSR count). The number of hydrogen-bond acceptors (Lipinski definition) is 3. The first-order valence-corrected chi connectivity index (χ1v) is 6.55. The van der Waals surface area contributed by atoms with Crippen LogP contribution in [0.15, 0.2) is 36.4 Å². The van der Waals surface area contributed by atoms with Crippen molar-refractivity contribution < 1.29 is 9.53 Å². The van der Waals surface area contributed by atoms with E-state index in [-0.39, 0.29) is 5.78 Å². The molecule has 0 unspecified atom stereocenters. The van der Waals surface area contributed by atoms with Gasteiger partial charge in [0.2, 0.25) is 0 Å². The zero-order chi connectivity index (χ0) is 14.7. The molecule has 0 radical (unpaired) electrons. The van der Waals surface area contributed by atoms with Crippen LogP contribution in [0.3, 0.4) is 0 Å². The van der Waals surface area contributed by atoms with E-state index >= 15 is 0 Å². The molecule has 104 valence electrons. The molecule has 2 aromatic carbocycles. The molecule has 0 fully saturated rings. The predicted molar refractivity (Wildman–Crippen MR) is 80.2 cm³/mol. The molecule has 0 atom stereocenters. The van der Waals surface area contributed by atoms with E-state index in [4.69, 9.17) is 10.5 Å². The molecule has 0 amide bonds. The van der Waals surface area contributed by atoms with Crippen LogP contribution in [0.5, 0.6) is 5.75 Å². The van der Waals surface area contributed by atoms with Crippen LogP contribution < -0.4 is 10.5 Å². The molecule has 0 spiro atoms. The van der Waals surface area contributed by atoms with Crippen LogP contribution in [-0.4, -0.2) is 12.9 Å². The summed E-state index contributed by atoms with van der Waals surface area (Å²) in [5, 5.41) is 0. The van der Waals surface area contributed by atoms with Gasteiger partial charge in [0.05, 0.1) is 12.7 Å². The van der Waals surface area contributed by atoms with Gasteiger partial charge in [-0.05, 0) is 42.7 Å². The molecule has 2 N–H and O–H groups in total. The Kier molecular flexibility index (Phi) is 4.20. The fraction of sp³-hybridized carbons (Fsp3) is 0.235. The van der Waals surface area contributed by atoms with Gasteiger partial charge in [0.25, 0.3) is 0 Å².